The molecule has 0 saturated heterocycles. The van der Waals surface area contributed by atoms with Gasteiger partial charge in [-0.15, -0.1) is 10.2 Å². The van der Waals surface area contributed by atoms with Gasteiger partial charge in [0.05, 0.1) is 20.2 Å². The second-order valence-electron chi connectivity index (χ2n) is 5.49. The zero-order valence-corrected chi connectivity index (χ0v) is 14.4. The molecule has 0 bridgehead atoms. The highest BCUT2D eigenvalue weighted by atomic mass is 79.9. The first-order valence-electron chi connectivity index (χ1n) is 7.17. The lowest BCUT2D eigenvalue weighted by molar-refractivity contribution is -0.145. The zero-order valence-electron chi connectivity index (χ0n) is 12.9. The summed E-state index contributed by atoms with van der Waals surface area (Å²) in [5.41, 5.74) is 0.929. The first kappa shape index (κ1) is 15.9. The number of benzene rings is 1. The van der Waals surface area contributed by atoms with Crippen LogP contribution in [0, 0.1) is 6.92 Å². The van der Waals surface area contributed by atoms with Gasteiger partial charge in [-0.05, 0) is 25.1 Å². The number of carboxylic acids is 1. The highest BCUT2D eigenvalue weighted by Crippen LogP contribution is 2.27. The monoisotopic (exact) mass is 380 g/mol. The Morgan fingerprint density at radius 2 is 2.26 bits per heavy atom. The molecule has 7 nitrogen and oxygen atoms in total. The van der Waals surface area contributed by atoms with Crippen molar-refractivity contribution in [3.8, 4) is 5.75 Å². The Hall–Kier alpha value is -1.93. The van der Waals surface area contributed by atoms with E-state index in [0.717, 1.165) is 27.4 Å². The maximum absolute atomic E-state index is 11.7. The number of fused-ring (bicyclic) bond motifs is 1. The fourth-order valence-corrected chi connectivity index (χ4v) is 3.26. The predicted molar refractivity (Wildman–Crippen MR) is 86.1 cm³/mol. The molecular formula is C15H17BrN4O3. The Bertz CT molecular complexity index is 746. The van der Waals surface area contributed by atoms with Crippen LogP contribution in [0.5, 0.6) is 5.75 Å². The normalized spacial score (nSPS) is 17.8. The molecule has 23 heavy (non-hydrogen) atoms. The Morgan fingerprint density at radius 1 is 1.48 bits per heavy atom. The first-order valence-corrected chi connectivity index (χ1v) is 7.97. The zero-order chi connectivity index (χ0) is 16.6. The fraction of sp³-hybridized carbons (Fsp3) is 0.400. The topological polar surface area (TPSA) is 80.5 Å². The number of aliphatic carboxylic acids is 1. The van der Waals surface area contributed by atoms with Crippen molar-refractivity contribution in [2.24, 2.45) is 0 Å². The summed E-state index contributed by atoms with van der Waals surface area (Å²) in [6.45, 7) is 3.08. The van der Waals surface area contributed by atoms with Gasteiger partial charge in [-0.1, -0.05) is 15.9 Å². The van der Waals surface area contributed by atoms with Crippen LogP contribution in [-0.2, 0) is 24.4 Å². The molecule has 1 aromatic carbocycles. The number of nitrogens with zero attached hydrogens (tertiary/aromatic N) is 4. The van der Waals surface area contributed by atoms with Gasteiger partial charge in [0.25, 0.3) is 0 Å². The molecule has 8 heteroatoms. The van der Waals surface area contributed by atoms with Crippen LogP contribution in [0.25, 0.3) is 0 Å². The van der Waals surface area contributed by atoms with E-state index >= 15 is 0 Å². The van der Waals surface area contributed by atoms with Crippen molar-refractivity contribution in [1.82, 2.24) is 19.7 Å². The van der Waals surface area contributed by atoms with E-state index in [1.807, 2.05) is 34.6 Å². The minimum absolute atomic E-state index is 0.347. The van der Waals surface area contributed by atoms with Crippen LogP contribution in [0.4, 0.5) is 0 Å². The molecule has 0 radical (unpaired) electrons. The molecule has 1 aliphatic heterocycles. The molecule has 0 amide bonds. The lowest BCUT2D eigenvalue weighted by Gasteiger charge is -2.33. The van der Waals surface area contributed by atoms with E-state index in [-0.39, 0.29) is 0 Å². The average Bonchev–Trinajstić information content (AvgIpc) is 2.87. The van der Waals surface area contributed by atoms with E-state index in [9.17, 15) is 9.90 Å². The standard InChI is InChI=1S/C15H17BrN4O3/c1-9-17-18-14-8-19(12(15(21)22)7-20(9)14)6-10-5-11(16)3-4-13(10)23-2/h3-5,12H,6-8H2,1-2H3,(H,21,22). The summed E-state index contributed by atoms with van der Waals surface area (Å²) in [5, 5.41) is 17.8. The maximum Gasteiger partial charge on any atom is 0.322 e. The van der Waals surface area contributed by atoms with Crippen LogP contribution in [0.2, 0.25) is 0 Å². The highest BCUT2D eigenvalue weighted by Gasteiger charge is 2.33. The number of hydrogen-bond donors (Lipinski definition) is 1. The molecule has 2 heterocycles. The van der Waals surface area contributed by atoms with Gasteiger partial charge in [0, 0.05) is 16.6 Å². The quantitative estimate of drug-likeness (QED) is 0.871. The van der Waals surface area contributed by atoms with Crippen LogP contribution in [0.1, 0.15) is 17.2 Å². The third-order valence-electron chi connectivity index (χ3n) is 4.05. The molecule has 1 N–H and O–H groups in total. The molecule has 1 aliphatic rings. The smallest absolute Gasteiger partial charge is 0.322 e. The van der Waals surface area contributed by atoms with Crippen molar-refractivity contribution in [3.63, 3.8) is 0 Å². The van der Waals surface area contributed by atoms with Crippen LogP contribution >= 0.6 is 15.9 Å². The fourth-order valence-electron chi connectivity index (χ4n) is 2.85. The lowest BCUT2D eigenvalue weighted by Crippen LogP contribution is -2.47. The highest BCUT2D eigenvalue weighted by molar-refractivity contribution is 9.10. The van der Waals surface area contributed by atoms with Crippen molar-refractivity contribution >= 4 is 21.9 Å². The molecule has 3 rings (SSSR count). The molecule has 2 aromatic rings. The van der Waals surface area contributed by atoms with Crippen LogP contribution in [-0.4, -0.2) is 43.9 Å². The molecule has 0 spiro atoms. The Balaban J connectivity index is 1.92. The summed E-state index contributed by atoms with van der Waals surface area (Å²) in [4.78, 5) is 13.6. The van der Waals surface area contributed by atoms with Crippen molar-refractivity contribution in [3.05, 3.63) is 39.9 Å². The summed E-state index contributed by atoms with van der Waals surface area (Å²) in [7, 11) is 1.61. The second kappa shape index (κ2) is 6.29. The number of aromatic nitrogens is 3. The number of halogens is 1. The molecule has 0 aliphatic carbocycles. The number of rotatable bonds is 4. The van der Waals surface area contributed by atoms with Gasteiger partial charge < -0.3 is 14.4 Å². The Kier molecular flexibility index (Phi) is 4.36. The van der Waals surface area contributed by atoms with Gasteiger partial charge >= 0.3 is 5.97 Å². The maximum atomic E-state index is 11.7. The van der Waals surface area contributed by atoms with Gasteiger partial charge in [-0.25, -0.2) is 0 Å². The summed E-state index contributed by atoms with van der Waals surface area (Å²) in [5.74, 6) is 1.41. The van der Waals surface area contributed by atoms with Crippen LogP contribution in [0.3, 0.4) is 0 Å². The van der Waals surface area contributed by atoms with Crippen molar-refractivity contribution < 1.29 is 14.6 Å². The molecule has 122 valence electrons. The number of aryl methyl sites for hydroxylation is 1. The average molecular weight is 381 g/mol. The SMILES string of the molecule is COc1ccc(Br)cc1CN1Cc2nnc(C)n2CC1C(=O)O. The minimum atomic E-state index is -0.849. The summed E-state index contributed by atoms with van der Waals surface area (Å²) >= 11 is 3.45. The molecule has 0 fully saturated rings. The van der Waals surface area contributed by atoms with Crippen molar-refractivity contribution in [2.75, 3.05) is 7.11 Å². The second-order valence-corrected chi connectivity index (χ2v) is 6.40. The van der Waals surface area contributed by atoms with E-state index in [1.165, 1.54) is 0 Å². The molecular weight excluding hydrogens is 364 g/mol. The molecule has 1 aromatic heterocycles. The van der Waals surface area contributed by atoms with Gasteiger partial charge in [0.1, 0.15) is 23.4 Å². The lowest BCUT2D eigenvalue weighted by atomic mass is 10.1. The van der Waals surface area contributed by atoms with E-state index in [2.05, 4.69) is 26.1 Å². The number of carbonyl (C=O) groups is 1. The Morgan fingerprint density at radius 3 is 2.96 bits per heavy atom. The third-order valence-corrected chi connectivity index (χ3v) is 4.55. The predicted octanol–water partition coefficient (Wildman–Crippen LogP) is 1.83. The van der Waals surface area contributed by atoms with E-state index < -0.39 is 12.0 Å². The van der Waals surface area contributed by atoms with Crippen LogP contribution in [0.15, 0.2) is 22.7 Å². The summed E-state index contributed by atoms with van der Waals surface area (Å²) in [6, 6.07) is 5.09. The molecule has 1 unspecified atom stereocenters. The van der Waals surface area contributed by atoms with Gasteiger partial charge in [0.15, 0.2) is 0 Å². The van der Waals surface area contributed by atoms with E-state index in [0.29, 0.717) is 19.6 Å². The Labute approximate surface area is 142 Å². The first-order chi connectivity index (χ1) is 11.0. The summed E-state index contributed by atoms with van der Waals surface area (Å²) < 4.78 is 8.18. The number of ether oxygens (including phenoxy) is 1. The number of hydrogen-bond acceptors (Lipinski definition) is 5. The van der Waals surface area contributed by atoms with Crippen molar-refractivity contribution in [1.29, 1.82) is 0 Å². The van der Waals surface area contributed by atoms with E-state index in [1.54, 1.807) is 7.11 Å². The number of methoxy groups -OCH3 is 1. The molecule has 1 atom stereocenters. The van der Waals surface area contributed by atoms with Gasteiger partial charge in [0.2, 0.25) is 0 Å². The number of carboxylic acid groups (broad SMARTS) is 1. The van der Waals surface area contributed by atoms with Crippen LogP contribution < -0.4 is 4.74 Å². The van der Waals surface area contributed by atoms with Gasteiger partial charge in [-0.3, -0.25) is 9.69 Å². The van der Waals surface area contributed by atoms with Crippen molar-refractivity contribution in [2.45, 2.75) is 32.6 Å². The van der Waals surface area contributed by atoms with E-state index in [4.69, 9.17) is 4.74 Å². The van der Waals surface area contributed by atoms with Gasteiger partial charge in [-0.2, -0.15) is 0 Å². The molecule has 0 saturated carbocycles. The third kappa shape index (κ3) is 3.09. The largest absolute Gasteiger partial charge is 0.496 e. The summed E-state index contributed by atoms with van der Waals surface area (Å²) in [6.07, 6.45) is 0. The minimum Gasteiger partial charge on any atom is -0.496 e.